The van der Waals surface area contributed by atoms with Gasteiger partial charge in [-0.2, -0.15) is 10.1 Å². The SMILES string of the molecule is COC(=O)C1(O)CC(C)=NN1C(=O)c1ccccc1. The number of carbonyl (C=O) groups is 2. The fourth-order valence-electron chi connectivity index (χ4n) is 1.96. The van der Waals surface area contributed by atoms with Crippen LogP contribution in [0.1, 0.15) is 23.7 Å². The zero-order valence-electron chi connectivity index (χ0n) is 10.7. The first-order chi connectivity index (χ1) is 8.99. The van der Waals surface area contributed by atoms with Crippen molar-refractivity contribution >= 4 is 17.6 Å². The number of ether oxygens (including phenoxy) is 1. The van der Waals surface area contributed by atoms with Crippen molar-refractivity contribution in [2.24, 2.45) is 5.10 Å². The minimum absolute atomic E-state index is 0.0573. The molecule has 2 rings (SSSR count). The van der Waals surface area contributed by atoms with Gasteiger partial charge in [-0.25, -0.2) is 4.79 Å². The van der Waals surface area contributed by atoms with E-state index in [0.717, 1.165) is 12.1 Å². The van der Waals surface area contributed by atoms with E-state index in [1.165, 1.54) is 0 Å². The molecule has 1 heterocycles. The summed E-state index contributed by atoms with van der Waals surface area (Å²) in [6.07, 6.45) is -0.0573. The maximum Gasteiger partial charge on any atom is 0.361 e. The molecule has 6 nitrogen and oxygen atoms in total. The molecule has 0 fully saturated rings. The van der Waals surface area contributed by atoms with Gasteiger partial charge in [-0.1, -0.05) is 18.2 Å². The van der Waals surface area contributed by atoms with E-state index in [9.17, 15) is 14.7 Å². The second-order valence-electron chi connectivity index (χ2n) is 4.30. The fraction of sp³-hybridized carbons (Fsp3) is 0.308. The number of methoxy groups -OCH3 is 1. The van der Waals surface area contributed by atoms with Crippen molar-refractivity contribution in [1.29, 1.82) is 0 Å². The first-order valence-corrected chi connectivity index (χ1v) is 5.73. The number of aliphatic hydroxyl groups is 1. The summed E-state index contributed by atoms with van der Waals surface area (Å²) in [5.41, 5.74) is -1.24. The maximum absolute atomic E-state index is 12.3. The predicted molar refractivity (Wildman–Crippen MR) is 67.3 cm³/mol. The van der Waals surface area contributed by atoms with E-state index in [4.69, 9.17) is 0 Å². The number of hydrogen-bond acceptors (Lipinski definition) is 5. The lowest BCUT2D eigenvalue weighted by Crippen LogP contribution is -2.52. The molecule has 1 amide bonds. The molecule has 1 aromatic rings. The highest BCUT2D eigenvalue weighted by atomic mass is 16.5. The lowest BCUT2D eigenvalue weighted by atomic mass is 10.1. The van der Waals surface area contributed by atoms with E-state index < -0.39 is 17.6 Å². The number of amides is 1. The Kier molecular flexibility index (Phi) is 3.35. The van der Waals surface area contributed by atoms with Crippen LogP contribution in [0, 0.1) is 0 Å². The molecule has 0 spiro atoms. The Balaban J connectivity index is 2.36. The highest BCUT2D eigenvalue weighted by molar-refractivity contribution is 6.02. The Morgan fingerprint density at radius 2 is 2.00 bits per heavy atom. The van der Waals surface area contributed by atoms with E-state index in [1.54, 1.807) is 37.3 Å². The van der Waals surface area contributed by atoms with Gasteiger partial charge in [0.25, 0.3) is 11.6 Å². The molecule has 0 aliphatic carbocycles. The molecule has 1 aliphatic rings. The number of hydrogen-bond donors (Lipinski definition) is 1. The average Bonchev–Trinajstić information content (AvgIpc) is 2.74. The highest BCUT2D eigenvalue weighted by Gasteiger charge is 2.51. The molecule has 0 bridgehead atoms. The van der Waals surface area contributed by atoms with Crippen molar-refractivity contribution in [3.63, 3.8) is 0 Å². The van der Waals surface area contributed by atoms with Crippen LogP contribution in [0.4, 0.5) is 0 Å². The zero-order chi connectivity index (χ0) is 14.0. The van der Waals surface area contributed by atoms with Gasteiger partial charge in [-0.3, -0.25) is 4.79 Å². The summed E-state index contributed by atoms with van der Waals surface area (Å²) >= 11 is 0. The molecular weight excluding hydrogens is 248 g/mol. The molecule has 0 saturated carbocycles. The largest absolute Gasteiger partial charge is 0.465 e. The second kappa shape index (κ2) is 4.81. The molecule has 1 unspecified atom stereocenters. The van der Waals surface area contributed by atoms with Gasteiger partial charge in [0.2, 0.25) is 0 Å². The quantitative estimate of drug-likeness (QED) is 0.798. The van der Waals surface area contributed by atoms with Crippen LogP contribution in [0.15, 0.2) is 35.4 Å². The van der Waals surface area contributed by atoms with E-state index in [2.05, 4.69) is 9.84 Å². The zero-order valence-corrected chi connectivity index (χ0v) is 10.7. The Labute approximate surface area is 110 Å². The van der Waals surface area contributed by atoms with Crippen molar-refractivity contribution in [2.45, 2.75) is 19.1 Å². The van der Waals surface area contributed by atoms with Gasteiger partial charge in [-0.15, -0.1) is 0 Å². The van der Waals surface area contributed by atoms with Crippen molar-refractivity contribution in [2.75, 3.05) is 7.11 Å². The Hall–Kier alpha value is -2.21. The first-order valence-electron chi connectivity index (χ1n) is 5.73. The molecule has 1 atom stereocenters. The normalized spacial score (nSPS) is 22.1. The van der Waals surface area contributed by atoms with Crippen LogP contribution < -0.4 is 0 Å². The van der Waals surface area contributed by atoms with Crippen LogP contribution in [0.5, 0.6) is 0 Å². The molecule has 1 aliphatic heterocycles. The van der Waals surface area contributed by atoms with Crippen molar-refractivity contribution < 1.29 is 19.4 Å². The topological polar surface area (TPSA) is 79.2 Å². The summed E-state index contributed by atoms with van der Waals surface area (Å²) in [7, 11) is 1.15. The van der Waals surface area contributed by atoms with Crippen molar-refractivity contribution in [3.8, 4) is 0 Å². The van der Waals surface area contributed by atoms with E-state index in [-0.39, 0.29) is 6.42 Å². The summed E-state index contributed by atoms with van der Waals surface area (Å²) in [6, 6.07) is 8.32. The van der Waals surface area contributed by atoms with Crippen LogP contribution in [0.25, 0.3) is 0 Å². The maximum atomic E-state index is 12.3. The number of rotatable bonds is 2. The van der Waals surface area contributed by atoms with Crippen LogP contribution >= 0.6 is 0 Å². The Bertz CT molecular complexity index is 541. The van der Waals surface area contributed by atoms with Gasteiger partial charge < -0.3 is 9.84 Å². The minimum Gasteiger partial charge on any atom is -0.465 e. The highest BCUT2D eigenvalue weighted by Crippen LogP contribution is 2.28. The summed E-state index contributed by atoms with van der Waals surface area (Å²) in [4.78, 5) is 24.0. The van der Waals surface area contributed by atoms with Crippen molar-refractivity contribution in [1.82, 2.24) is 5.01 Å². The number of benzene rings is 1. The van der Waals surface area contributed by atoms with Gasteiger partial charge in [0, 0.05) is 17.7 Å². The molecule has 6 heteroatoms. The monoisotopic (exact) mass is 262 g/mol. The smallest absolute Gasteiger partial charge is 0.361 e. The summed E-state index contributed by atoms with van der Waals surface area (Å²) in [6.45, 7) is 1.63. The van der Waals surface area contributed by atoms with E-state index >= 15 is 0 Å². The number of nitrogens with zero attached hydrogens (tertiary/aromatic N) is 2. The molecule has 0 saturated heterocycles. The lowest BCUT2D eigenvalue weighted by molar-refractivity contribution is -0.176. The molecule has 100 valence electrons. The first kappa shape index (κ1) is 13.2. The standard InChI is InChI=1S/C13H14N2O4/c1-9-8-13(18,12(17)19-2)15(14-9)11(16)10-6-4-3-5-7-10/h3-7,18H,8H2,1-2H3. The van der Waals surface area contributed by atoms with E-state index in [1.807, 2.05) is 0 Å². The Morgan fingerprint density at radius 1 is 1.37 bits per heavy atom. The lowest BCUT2D eigenvalue weighted by Gasteiger charge is -2.28. The third-order valence-electron chi connectivity index (χ3n) is 2.85. The number of hydrazone groups is 1. The molecular formula is C13H14N2O4. The van der Waals surface area contributed by atoms with Gasteiger partial charge >= 0.3 is 5.97 Å². The van der Waals surface area contributed by atoms with Gasteiger partial charge in [0.15, 0.2) is 0 Å². The number of carbonyl (C=O) groups excluding carboxylic acids is 2. The molecule has 19 heavy (non-hydrogen) atoms. The van der Waals surface area contributed by atoms with Crippen LogP contribution in [-0.2, 0) is 9.53 Å². The minimum atomic E-state index is -2.06. The van der Waals surface area contributed by atoms with Gasteiger partial charge in [0.05, 0.1) is 7.11 Å². The van der Waals surface area contributed by atoms with E-state index in [0.29, 0.717) is 11.3 Å². The molecule has 0 radical (unpaired) electrons. The Morgan fingerprint density at radius 3 is 2.58 bits per heavy atom. The van der Waals surface area contributed by atoms with Crippen LogP contribution in [0.3, 0.4) is 0 Å². The summed E-state index contributed by atoms with van der Waals surface area (Å²) in [5.74, 6) is -1.46. The van der Waals surface area contributed by atoms with Crippen molar-refractivity contribution in [3.05, 3.63) is 35.9 Å². The van der Waals surface area contributed by atoms with Crippen LogP contribution in [-0.4, -0.2) is 40.5 Å². The third kappa shape index (κ3) is 2.22. The number of esters is 1. The van der Waals surface area contributed by atoms with Gasteiger partial charge in [-0.05, 0) is 19.1 Å². The molecule has 1 N–H and O–H groups in total. The van der Waals surface area contributed by atoms with Crippen LogP contribution in [0.2, 0.25) is 0 Å². The van der Waals surface area contributed by atoms with Gasteiger partial charge in [0.1, 0.15) is 0 Å². The second-order valence-corrected chi connectivity index (χ2v) is 4.30. The fourth-order valence-corrected chi connectivity index (χ4v) is 1.96. The summed E-state index contributed by atoms with van der Waals surface area (Å²) in [5, 5.41) is 15.1. The average molecular weight is 262 g/mol. The summed E-state index contributed by atoms with van der Waals surface area (Å²) < 4.78 is 4.55. The predicted octanol–water partition coefficient (Wildman–Crippen LogP) is 0.770. The third-order valence-corrected chi connectivity index (χ3v) is 2.85. The molecule has 0 aromatic heterocycles. The molecule has 1 aromatic carbocycles.